The first kappa shape index (κ1) is 16.5. The lowest BCUT2D eigenvalue weighted by Gasteiger charge is -2.16. The molecule has 3 N–H and O–H groups in total. The number of terminal acetylenes is 1. The minimum atomic E-state index is -1.18. The molecule has 3 aromatic rings. The monoisotopic (exact) mass is 351 g/mol. The number of rotatable bonds is 3. The Labute approximate surface area is 149 Å². The molecule has 1 saturated heterocycles. The highest BCUT2D eigenvalue weighted by Crippen LogP contribution is 2.32. The van der Waals surface area contributed by atoms with Gasteiger partial charge in [0.05, 0.1) is 6.33 Å². The van der Waals surface area contributed by atoms with Crippen LogP contribution in [0, 0.1) is 19.3 Å². The van der Waals surface area contributed by atoms with Crippen LogP contribution < -0.4 is 5.32 Å². The van der Waals surface area contributed by atoms with Gasteiger partial charge in [-0.3, -0.25) is 4.57 Å². The third-order valence-electron chi connectivity index (χ3n) is 4.35. The molecule has 1 aromatic carbocycles. The number of benzene rings is 1. The molecule has 0 radical (unpaired) electrons. The summed E-state index contributed by atoms with van der Waals surface area (Å²) in [5, 5.41) is 23.4. The Morgan fingerprint density at radius 3 is 2.62 bits per heavy atom. The molecule has 4 atom stereocenters. The normalized spacial score (nSPS) is 25.3. The maximum atomic E-state index is 10.2. The van der Waals surface area contributed by atoms with Crippen molar-refractivity contribution in [3.8, 4) is 12.3 Å². The number of imidazole rings is 1. The van der Waals surface area contributed by atoms with Gasteiger partial charge < -0.3 is 20.3 Å². The van der Waals surface area contributed by atoms with Crippen LogP contribution >= 0.6 is 0 Å². The fraction of sp³-hybridized carbons (Fsp3) is 0.278. The van der Waals surface area contributed by atoms with Crippen LogP contribution in [0.1, 0.15) is 11.8 Å². The van der Waals surface area contributed by atoms with E-state index in [4.69, 9.17) is 11.2 Å². The molecule has 0 amide bonds. The molecule has 2 aromatic heterocycles. The smallest absolute Gasteiger partial charge is 0.167 e. The highest BCUT2D eigenvalue weighted by Gasteiger charge is 2.43. The van der Waals surface area contributed by atoms with Gasteiger partial charge in [0.2, 0.25) is 0 Å². The quantitative estimate of drug-likeness (QED) is 0.608. The second kappa shape index (κ2) is 6.38. The third kappa shape index (κ3) is 2.68. The van der Waals surface area contributed by atoms with Crippen LogP contribution in [0.2, 0.25) is 0 Å². The van der Waals surface area contributed by atoms with Crippen LogP contribution in [-0.2, 0) is 4.74 Å². The van der Waals surface area contributed by atoms with E-state index in [1.54, 1.807) is 4.57 Å². The molecule has 8 nitrogen and oxygen atoms in total. The summed E-state index contributed by atoms with van der Waals surface area (Å²) in [6.45, 7) is 2.01. The number of aromatic nitrogens is 4. The summed E-state index contributed by atoms with van der Waals surface area (Å²) in [5.74, 6) is 2.85. The summed E-state index contributed by atoms with van der Waals surface area (Å²) in [4.78, 5) is 12.8. The Bertz CT molecular complexity index is 979. The molecule has 0 aliphatic carbocycles. The van der Waals surface area contributed by atoms with Crippen molar-refractivity contribution in [3.05, 3.63) is 42.5 Å². The molecule has 0 bridgehead atoms. The number of hydrogen-bond acceptors (Lipinski definition) is 7. The molecular formula is C18H17N5O3. The summed E-state index contributed by atoms with van der Waals surface area (Å²) < 4.78 is 7.11. The summed E-state index contributed by atoms with van der Waals surface area (Å²) in [5.41, 5.74) is 3.00. The van der Waals surface area contributed by atoms with E-state index in [1.807, 2.05) is 31.2 Å². The summed E-state index contributed by atoms with van der Waals surface area (Å²) in [7, 11) is 0. The maximum Gasteiger partial charge on any atom is 0.167 e. The van der Waals surface area contributed by atoms with E-state index < -0.39 is 24.5 Å². The third-order valence-corrected chi connectivity index (χ3v) is 4.35. The van der Waals surface area contributed by atoms with Crippen LogP contribution in [0.15, 0.2) is 36.9 Å². The van der Waals surface area contributed by atoms with Crippen molar-refractivity contribution in [3.63, 3.8) is 0 Å². The van der Waals surface area contributed by atoms with Crippen molar-refractivity contribution in [2.75, 3.05) is 5.32 Å². The fourth-order valence-electron chi connectivity index (χ4n) is 2.93. The Kier molecular flexibility index (Phi) is 4.05. The van der Waals surface area contributed by atoms with E-state index in [0.29, 0.717) is 17.0 Å². The number of hydrogen-bond donors (Lipinski definition) is 3. The van der Waals surface area contributed by atoms with Gasteiger partial charge in [0.1, 0.15) is 24.6 Å². The average molecular weight is 351 g/mol. The van der Waals surface area contributed by atoms with Crippen molar-refractivity contribution in [1.29, 1.82) is 0 Å². The highest BCUT2D eigenvalue weighted by atomic mass is 16.6. The number of aliphatic hydroxyl groups excluding tert-OH is 2. The number of ether oxygens (including phenoxy) is 1. The van der Waals surface area contributed by atoms with Crippen LogP contribution in [0.3, 0.4) is 0 Å². The molecule has 3 heterocycles. The van der Waals surface area contributed by atoms with Crippen molar-refractivity contribution < 1.29 is 14.9 Å². The molecule has 4 rings (SSSR count). The summed E-state index contributed by atoms with van der Waals surface area (Å²) in [6.07, 6.45) is 4.09. The maximum absolute atomic E-state index is 10.2. The van der Waals surface area contributed by atoms with Gasteiger partial charge in [0, 0.05) is 5.69 Å². The first-order chi connectivity index (χ1) is 12.6. The van der Waals surface area contributed by atoms with Gasteiger partial charge in [-0.15, -0.1) is 6.42 Å². The van der Waals surface area contributed by atoms with Crippen LogP contribution in [-0.4, -0.2) is 48.0 Å². The lowest BCUT2D eigenvalue weighted by molar-refractivity contribution is -0.0230. The molecule has 1 fully saturated rings. The van der Waals surface area contributed by atoms with E-state index in [9.17, 15) is 10.2 Å². The van der Waals surface area contributed by atoms with Crippen molar-refractivity contribution >= 4 is 22.7 Å². The van der Waals surface area contributed by atoms with Crippen molar-refractivity contribution in [1.82, 2.24) is 19.5 Å². The number of aryl methyl sites for hydroxylation is 1. The molecule has 1 aliphatic heterocycles. The number of nitrogens with one attached hydrogen (secondary N) is 1. The molecule has 132 valence electrons. The van der Waals surface area contributed by atoms with E-state index >= 15 is 0 Å². The first-order valence-electron chi connectivity index (χ1n) is 8.07. The van der Waals surface area contributed by atoms with Crippen LogP contribution in [0.25, 0.3) is 11.2 Å². The Morgan fingerprint density at radius 1 is 1.15 bits per heavy atom. The number of nitrogens with zero attached hydrogens (tertiary/aromatic N) is 4. The van der Waals surface area contributed by atoms with Crippen LogP contribution in [0.5, 0.6) is 0 Å². The minimum Gasteiger partial charge on any atom is -0.386 e. The van der Waals surface area contributed by atoms with Crippen molar-refractivity contribution in [2.24, 2.45) is 0 Å². The molecule has 26 heavy (non-hydrogen) atoms. The van der Waals surface area contributed by atoms with E-state index in [2.05, 4.69) is 26.2 Å². The lowest BCUT2D eigenvalue weighted by Crippen LogP contribution is -2.30. The summed E-state index contributed by atoms with van der Waals surface area (Å²) in [6, 6.07) is 7.86. The highest BCUT2D eigenvalue weighted by molar-refractivity contribution is 5.85. The predicted molar refractivity (Wildman–Crippen MR) is 94.5 cm³/mol. The zero-order chi connectivity index (χ0) is 18.3. The second-order valence-corrected chi connectivity index (χ2v) is 6.13. The van der Waals surface area contributed by atoms with Gasteiger partial charge in [-0.1, -0.05) is 23.6 Å². The van der Waals surface area contributed by atoms with Gasteiger partial charge in [-0.25, -0.2) is 15.0 Å². The standard InChI is InChI=1S/C18H17N5O3/c1-3-12-14(24)15(25)18(26-12)23-9-21-13-16(19-8-20-17(13)23)22-11-6-4-10(2)5-7-11/h1,4-9,12,14-15,18,24-25H,2H3,(H,19,20,22)/t12-,14-,15-,18-/m1/s1. The molecule has 0 spiro atoms. The Morgan fingerprint density at radius 2 is 1.92 bits per heavy atom. The van der Waals surface area contributed by atoms with Gasteiger partial charge in [0.25, 0.3) is 0 Å². The van der Waals surface area contributed by atoms with Gasteiger partial charge >= 0.3 is 0 Å². The molecule has 1 aliphatic rings. The SMILES string of the molecule is C#C[C@H]1O[C@@H](n2cnc3c(Nc4ccc(C)cc4)ncnc32)[C@H](O)[C@@H]1O. The molecule has 8 heteroatoms. The average Bonchev–Trinajstić information content (AvgIpc) is 3.19. The zero-order valence-corrected chi connectivity index (χ0v) is 13.9. The predicted octanol–water partition coefficient (Wildman–Crippen LogP) is 1.13. The molecule has 0 saturated carbocycles. The zero-order valence-electron chi connectivity index (χ0n) is 13.9. The second-order valence-electron chi connectivity index (χ2n) is 6.13. The van der Waals surface area contributed by atoms with E-state index in [0.717, 1.165) is 11.3 Å². The summed E-state index contributed by atoms with van der Waals surface area (Å²) >= 11 is 0. The number of fused-ring (bicyclic) bond motifs is 1. The molecule has 0 unspecified atom stereocenters. The minimum absolute atomic E-state index is 0.462. The van der Waals surface area contributed by atoms with E-state index in [-0.39, 0.29) is 0 Å². The molecular weight excluding hydrogens is 334 g/mol. The first-order valence-corrected chi connectivity index (χ1v) is 8.07. The lowest BCUT2D eigenvalue weighted by atomic mass is 10.1. The van der Waals surface area contributed by atoms with Gasteiger partial charge in [-0.05, 0) is 19.1 Å². The largest absolute Gasteiger partial charge is 0.386 e. The van der Waals surface area contributed by atoms with Gasteiger partial charge in [-0.2, -0.15) is 0 Å². The van der Waals surface area contributed by atoms with Gasteiger partial charge in [0.15, 0.2) is 23.2 Å². The van der Waals surface area contributed by atoms with E-state index in [1.165, 1.54) is 12.7 Å². The number of aliphatic hydroxyl groups is 2. The fourth-order valence-corrected chi connectivity index (χ4v) is 2.93. The Balaban J connectivity index is 1.69. The topological polar surface area (TPSA) is 105 Å². The van der Waals surface area contributed by atoms with Crippen LogP contribution in [0.4, 0.5) is 11.5 Å². The van der Waals surface area contributed by atoms with Crippen molar-refractivity contribution in [2.45, 2.75) is 31.5 Å². The Hall–Kier alpha value is -2.99. The number of anilines is 2.